The fourth-order valence-corrected chi connectivity index (χ4v) is 2.39. The second kappa shape index (κ2) is 4.40. The number of rotatable bonds is 2. The summed E-state index contributed by atoms with van der Waals surface area (Å²) < 4.78 is 5.07. The molecule has 2 aromatic rings. The average molecular weight is 296 g/mol. The normalized spacial score (nSPS) is 13.3. The zero-order valence-electron chi connectivity index (χ0n) is 9.50. The molecular weight excluding hydrogens is 289 g/mol. The predicted octanol–water partition coefficient (Wildman–Crippen LogP) is 3.31. The fourth-order valence-electron chi connectivity index (χ4n) is 1.99. The van der Waals surface area contributed by atoms with E-state index >= 15 is 0 Å². The highest BCUT2D eigenvalue weighted by Crippen LogP contribution is 2.31. The molecule has 4 nitrogen and oxygen atoms in total. The molecule has 1 aliphatic heterocycles. The van der Waals surface area contributed by atoms with Crippen LogP contribution in [-0.4, -0.2) is 11.7 Å². The zero-order chi connectivity index (χ0) is 13.6. The van der Waals surface area contributed by atoms with Crippen molar-refractivity contribution in [1.29, 1.82) is 0 Å². The van der Waals surface area contributed by atoms with Crippen LogP contribution < -0.4 is 5.32 Å². The summed E-state index contributed by atoms with van der Waals surface area (Å²) in [6, 6.07) is 6.15. The summed E-state index contributed by atoms with van der Waals surface area (Å²) in [4.78, 5) is 23.5. The summed E-state index contributed by atoms with van der Waals surface area (Å²) in [5.74, 6) is -0.361. The molecule has 0 atom stereocenters. The van der Waals surface area contributed by atoms with E-state index in [2.05, 4.69) is 5.32 Å². The number of hydrogen-bond donors (Lipinski definition) is 1. The molecule has 0 fully saturated rings. The highest BCUT2D eigenvalue weighted by Gasteiger charge is 2.23. The Labute approximate surface area is 118 Å². The quantitative estimate of drug-likeness (QED) is 0.865. The number of benzene rings is 1. The Morgan fingerprint density at radius 3 is 2.74 bits per heavy atom. The third-order valence-corrected chi connectivity index (χ3v) is 3.38. The van der Waals surface area contributed by atoms with Gasteiger partial charge in [-0.1, -0.05) is 11.6 Å². The maximum absolute atomic E-state index is 12.2. The summed E-state index contributed by atoms with van der Waals surface area (Å²) in [6.07, 6.45) is 0.242. The van der Waals surface area contributed by atoms with E-state index < -0.39 is 0 Å². The van der Waals surface area contributed by atoms with Gasteiger partial charge in [0.2, 0.25) is 11.7 Å². The van der Waals surface area contributed by atoms with Gasteiger partial charge in [0.05, 0.1) is 11.4 Å². The van der Waals surface area contributed by atoms with Gasteiger partial charge in [-0.15, -0.1) is 0 Å². The second-order valence-corrected chi connectivity index (χ2v) is 4.93. The topological polar surface area (TPSA) is 59.3 Å². The van der Waals surface area contributed by atoms with E-state index in [0.29, 0.717) is 11.3 Å². The van der Waals surface area contributed by atoms with Crippen LogP contribution in [0, 0.1) is 0 Å². The van der Waals surface area contributed by atoms with Crippen LogP contribution in [0.1, 0.15) is 21.7 Å². The van der Waals surface area contributed by atoms with Gasteiger partial charge in [-0.05, 0) is 41.4 Å². The van der Waals surface area contributed by atoms with Gasteiger partial charge in [0, 0.05) is 11.3 Å². The fraction of sp³-hybridized carbons (Fsp3) is 0.0769. The van der Waals surface area contributed by atoms with E-state index in [1.54, 1.807) is 12.1 Å². The van der Waals surface area contributed by atoms with Gasteiger partial charge in [-0.3, -0.25) is 9.59 Å². The molecule has 19 heavy (non-hydrogen) atoms. The number of furan rings is 1. The number of hydrogen-bond acceptors (Lipinski definition) is 3. The number of fused-ring (bicyclic) bond motifs is 1. The molecule has 1 aliphatic rings. The molecule has 3 rings (SSSR count). The molecule has 0 spiro atoms. The minimum absolute atomic E-state index is 0.114. The molecular formula is C13H7Cl2NO3. The van der Waals surface area contributed by atoms with Crippen LogP contribution >= 0.6 is 23.2 Å². The van der Waals surface area contributed by atoms with E-state index in [1.165, 1.54) is 12.1 Å². The predicted molar refractivity (Wildman–Crippen MR) is 70.9 cm³/mol. The number of amides is 1. The van der Waals surface area contributed by atoms with E-state index in [4.69, 9.17) is 27.6 Å². The first-order valence-electron chi connectivity index (χ1n) is 5.47. The Hall–Kier alpha value is -1.78. The molecule has 2 heterocycles. The molecule has 0 radical (unpaired) electrons. The van der Waals surface area contributed by atoms with Gasteiger partial charge in [0.25, 0.3) is 0 Å². The van der Waals surface area contributed by atoms with Gasteiger partial charge in [0.15, 0.2) is 11.0 Å². The van der Waals surface area contributed by atoms with Crippen LogP contribution in [0.3, 0.4) is 0 Å². The lowest BCUT2D eigenvalue weighted by Crippen LogP contribution is -2.03. The number of halogens is 2. The van der Waals surface area contributed by atoms with Crippen molar-refractivity contribution in [2.45, 2.75) is 6.42 Å². The lowest BCUT2D eigenvalue weighted by atomic mass is 10.0. The van der Waals surface area contributed by atoms with Gasteiger partial charge < -0.3 is 9.73 Å². The molecule has 1 N–H and O–H groups in total. The molecule has 0 aliphatic carbocycles. The van der Waals surface area contributed by atoms with Gasteiger partial charge in [-0.2, -0.15) is 0 Å². The van der Waals surface area contributed by atoms with Crippen molar-refractivity contribution in [1.82, 2.24) is 0 Å². The Kier molecular flexibility index (Phi) is 2.84. The number of anilines is 1. The molecule has 96 valence electrons. The zero-order valence-corrected chi connectivity index (χ0v) is 11.0. The minimum Gasteiger partial charge on any atom is -0.441 e. The van der Waals surface area contributed by atoms with Crippen LogP contribution in [0.4, 0.5) is 5.69 Å². The number of carbonyl (C=O) groups is 2. The molecule has 1 aromatic heterocycles. The summed E-state index contributed by atoms with van der Waals surface area (Å²) in [5, 5.41) is 3.07. The standard InChI is InChI=1S/C13H7Cl2NO3/c14-8-5-9-6(4-12(17)16-9)3-7(8)13(18)10-1-2-11(15)19-10/h1-3,5H,4H2,(H,16,17). The lowest BCUT2D eigenvalue weighted by molar-refractivity contribution is -0.115. The Morgan fingerprint density at radius 2 is 2.05 bits per heavy atom. The lowest BCUT2D eigenvalue weighted by Gasteiger charge is -2.05. The summed E-state index contributed by atoms with van der Waals surface area (Å²) >= 11 is 11.7. The molecule has 0 unspecified atom stereocenters. The van der Waals surface area contributed by atoms with Crippen molar-refractivity contribution < 1.29 is 14.0 Å². The van der Waals surface area contributed by atoms with Crippen LogP contribution in [-0.2, 0) is 11.2 Å². The van der Waals surface area contributed by atoms with Crippen LogP contribution in [0.5, 0.6) is 0 Å². The van der Waals surface area contributed by atoms with Crippen molar-refractivity contribution in [2.24, 2.45) is 0 Å². The van der Waals surface area contributed by atoms with Crippen LogP contribution in [0.25, 0.3) is 0 Å². The van der Waals surface area contributed by atoms with Crippen molar-refractivity contribution in [2.75, 3.05) is 5.32 Å². The third kappa shape index (κ3) is 2.13. The van der Waals surface area contributed by atoms with Crippen molar-refractivity contribution in [3.8, 4) is 0 Å². The van der Waals surface area contributed by atoms with Crippen molar-refractivity contribution in [3.63, 3.8) is 0 Å². The summed E-state index contributed by atoms with van der Waals surface area (Å²) in [7, 11) is 0. The molecule has 6 heteroatoms. The van der Waals surface area contributed by atoms with Gasteiger partial charge in [-0.25, -0.2) is 0 Å². The largest absolute Gasteiger partial charge is 0.441 e. The monoisotopic (exact) mass is 295 g/mol. The Morgan fingerprint density at radius 1 is 1.26 bits per heavy atom. The van der Waals surface area contributed by atoms with E-state index in [-0.39, 0.29) is 34.1 Å². The minimum atomic E-state index is -0.362. The second-order valence-electron chi connectivity index (χ2n) is 4.15. The molecule has 1 amide bonds. The Bertz CT molecular complexity index is 706. The SMILES string of the molecule is O=C1Cc2cc(C(=O)c3ccc(Cl)o3)c(Cl)cc2N1. The molecule has 0 saturated heterocycles. The van der Waals surface area contributed by atoms with E-state index in [1.807, 2.05) is 0 Å². The molecule has 0 bridgehead atoms. The van der Waals surface area contributed by atoms with Gasteiger partial charge >= 0.3 is 0 Å². The first-order chi connectivity index (χ1) is 9.04. The van der Waals surface area contributed by atoms with Crippen LogP contribution in [0.2, 0.25) is 10.2 Å². The highest BCUT2D eigenvalue weighted by molar-refractivity contribution is 6.35. The number of carbonyl (C=O) groups excluding carboxylic acids is 2. The van der Waals surface area contributed by atoms with E-state index in [9.17, 15) is 9.59 Å². The maximum Gasteiger partial charge on any atom is 0.229 e. The van der Waals surface area contributed by atoms with Crippen molar-refractivity contribution in [3.05, 3.63) is 51.4 Å². The van der Waals surface area contributed by atoms with Crippen molar-refractivity contribution >= 4 is 40.6 Å². The molecule has 0 saturated carbocycles. The first kappa shape index (κ1) is 12.3. The average Bonchev–Trinajstić information content (AvgIpc) is 2.92. The summed E-state index contributed by atoms with van der Waals surface area (Å²) in [6.45, 7) is 0. The third-order valence-electron chi connectivity index (χ3n) is 2.86. The smallest absolute Gasteiger partial charge is 0.229 e. The number of ketones is 1. The Balaban J connectivity index is 2.04. The number of nitrogens with one attached hydrogen (secondary N) is 1. The first-order valence-corrected chi connectivity index (χ1v) is 6.22. The van der Waals surface area contributed by atoms with Gasteiger partial charge in [0.1, 0.15) is 0 Å². The van der Waals surface area contributed by atoms with E-state index in [0.717, 1.165) is 5.56 Å². The summed E-state index contributed by atoms with van der Waals surface area (Å²) in [5.41, 5.74) is 1.68. The molecule has 1 aromatic carbocycles. The van der Waals surface area contributed by atoms with Crippen LogP contribution in [0.15, 0.2) is 28.7 Å². The maximum atomic E-state index is 12.2. The highest BCUT2D eigenvalue weighted by atomic mass is 35.5.